The summed E-state index contributed by atoms with van der Waals surface area (Å²) >= 11 is 0. The Hall–Kier alpha value is -1.45. The first-order valence-corrected chi connectivity index (χ1v) is 2.83. The molecule has 3 N–H and O–H groups in total. The predicted octanol–water partition coefficient (Wildman–Crippen LogP) is 0.122. The van der Waals surface area contributed by atoms with E-state index in [0.29, 0.717) is 5.69 Å². The average Bonchev–Trinajstić information content (AvgIpc) is 1.94. The molecule has 1 aromatic heterocycles. The number of anilines is 1. The van der Waals surface area contributed by atoms with Gasteiger partial charge in [0, 0.05) is 19.3 Å². The summed E-state index contributed by atoms with van der Waals surface area (Å²) in [5.41, 5.74) is 0.125. The van der Waals surface area contributed by atoms with Crippen molar-refractivity contribution < 1.29 is 5.11 Å². The standard InChI is InChI=1S/C6H8N2O2/c1-7-5-2-4(9)3-8-6(5)10/h2-3,7,9H,1H3,(H,8,10). The molecular weight excluding hydrogens is 132 g/mol. The van der Waals surface area contributed by atoms with E-state index in [-0.39, 0.29) is 11.3 Å². The molecule has 54 valence electrons. The lowest BCUT2D eigenvalue weighted by Crippen LogP contribution is -2.09. The Morgan fingerprint density at radius 3 is 2.90 bits per heavy atom. The molecule has 0 unspecified atom stereocenters. The van der Waals surface area contributed by atoms with Crippen LogP contribution in [-0.2, 0) is 0 Å². The number of H-pyrrole nitrogens is 1. The average molecular weight is 140 g/mol. The Morgan fingerprint density at radius 1 is 1.70 bits per heavy atom. The monoisotopic (exact) mass is 140 g/mol. The number of aromatic amines is 1. The van der Waals surface area contributed by atoms with Gasteiger partial charge in [-0.2, -0.15) is 0 Å². The van der Waals surface area contributed by atoms with Gasteiger partial charge in [-0.3, -0.25) is 4.79 Å². The number of nitrogens with one attached hydrogen (secondary N) is 2. The third-order valence-electron chi connectivity index (χ3n) is 1.16. The van der Waals surface area contributed by atoms with E-state index in [4.69, 9.17) is 5.11 Å². The molecule has 0 spiro atoms. The van der Waals surface area contributed by atoms with Crippen LogP contribution in [0, 0.1) is 0 Å². The van der Waals surface area contributed by atoms with Crippen molar-refractivity contribution in [2.24, 2.45) is 0 Å². The zero-order valence-corrected chi connectivity index (χ0v) is 5.51. The van der Waals surface area contributed by atoms with Gasteiger partial charge >= 0.3 is 0 Å². The number of rotatable bonds is 1. The highest BCUT2D eigenvalue weighted by Gasteiger charge is 1.95. The summed E-state index contributed by atoms with van der Waals surface area (Å²) in [6.45, 7) is 0. The maximum atomic E-state index is 10.8. The minimum atomic E-state index is -0.236. The molecule has 1 heterocycles. The zero-order chi connectivity index (χ0) is 7.56. The second-order valence-corrected chi connectivity index (χ2v) is 1.85. The van der Waals surface area contributed by atoms with Gasteiger partial charge in [0.2, 0.25) is 0 Å². The van der Waals surface area contributed by atoms with Gasteiger partial charge < -0.3 is 15.4 Å². The highest BCUT2D eigenvalue weighted by Crippen LogP contribution is 2.07. The quantitative estimate of drug-likeness (QED) is 0.519. The SMILES string of the molecule is CNc1cc(O)c[nH]c1=O. The lowest BCUT2D eigenvalue weighted by molar-refractivity contribution is 0.472. The number of pyridine rings is 1. The van der Waals surface area contributed by atoms with E-state index in [2.05, 4.69) is 10.3 Å². The van der Waals surface area contributed by atoms with Crippen LogP contribution in [0.4, 0.5) is 5.69 Å². The van der Waals surface area contributed by atoms with Crippen LogP contribution in [0.5, 0.6) is 5.75 Å². The van der Waals surface area contributed by atoms with Crippen LogP contribution in [-0.4, -0.2) is 17.1 Å². The molecule has 0 atom stereocenters. The zero-order valence-electron chi connectivity index (χ0n) is 5.51. The van der Waals surface area contributed by atoms with Crippen molar-refractivity contribution in [2.75, 3.05) is 12.4 Å². The minimum Gasteiger partial charge on any atom is -0.506 e. The highest BCUT2D eigenvalue weighted by molar-refractivity contribution is 5.43. The normalized spacial score (nSPS) is 9.30. The van der Waals surface area contributed by atoms with Gasteiger partial charge in [-0.05, 0) is 0 Å². The van der Waals surface area contributed by atoms with E-state index >= 15 is 0 Å². The molecule has 0 radical (unpaired) electrons. The topological polar surface area (TPSA) is 65.1 Å². The number of hydrogen-bond acceptors (Lipinski definition) is 3. The number of hydrogen-bond donors (Lipinski definition) is 3. The van der Waals surface area contributed by atoms with Crippen LogP contribution in [0.3, 0.4) is 0 Å². The van der Waals surface area contributed by atoms with Crippen molar-refractivity contribution in [3.63, 3.8) is 0 Å². The summed E-state index contributed by atoms with van der Waals surface area (Å²) in [5.74, 6) is 0.0453. The molecular formula is C6H8N2O2. The number of aromatic nitrogens is 1. The van der Waals surface area contributed by atoms with Crippen molar-refractivity contribution >= 4 is 5.69 Å². The predicted molar refractivity (Wildman–Crippen MR) is 38.3 cm³/mol. The van der Waals surface area contributed by atoms with Gasteiger partial charge in [-0.1, -0.05) is 0 Å². The Labute approximate surface area is 57.5 Å². The smallest absolute Gasteiger partial charge is 0.271 e. The van der Waals surface area contributed by atoms with Gasteiger partial charge in [-0.25, -0.2) is 0 Å². The molecule has 0 saturated heterocycles. The van der Waals surface area contributed by atoms with E-state index in [1.54, 1.807) is 7.05 Å². The van der Waals surface area contributed by atoms with Crippen LogP contribution >= 0.6 is 0 Å². The van der Waals surface area contributed by atoms with Crippen molar-refractivity contribution in [3.8, 4) is 5.75 Å². The fourth-order valence-electron chi connectivity index (χ4n) is 0.658. The number of aromatic hydroxyl groups is 1. The second-order valence-electron chi connectivity index (χ2n) is 1.85. The van der Waals surface area contributed by atoms with Crippen LogP contribution < -0.4 is 10.9 Å². The summed E-state index contributed by atoms with van der Waals surface area (Å²) in [6.07, 6.45) is 1.24. The maximum Gasteiger partial charge on any atom is 0.271 e. The molecule has 0 aliphatic rings. The molecule has 0 bridgehead atoms. The molecule has 0 aliphatic heterocycles. The Balaban J connectivity index is 3.22. The van der Waals surface area contributed by atoms with Crippen molar-refractivity contribution in [1.82, 2.24) is 4.98 Å². The van der Waals surface area contributed by atoms with Crippen LogP contribution in [0.25, 0.3) is 0 Å². The first-order chi connectivity index (χ1) is 4.74. The second kappa shape index (κ2) is 2.43. The fraction of sp³-hybridized carbons (Fsp3) is 0.167. The van der Waals surface area contributed by atoms with E-state index in [1.807, 2.05) is 0 Å². The molecule has 0 aromatic carbocycles. The molecule has 0 amide bonds. The first-order valence-electron chi connectivity index (χ1n) is 2.83. The van der Waals surface area contributed by atoms with Gasteiger partial charge in [0.25, 0.3) is 5.56 Å². The molecule has 1 aromatic rings. The highest BCUT2D eigenvalue weighted by atomic mass is 16.3. The Kier molecular flexibility index (Phi) is 1.62. The van der Waals surface area contributed by atoms with Crippen molar-refractivity contribution in [3.05, 3.63) is 22.6 Å². The van der Waals surface area contributed by atoms with Crippen molar-refractivity contribution in [2.45, 2.75) is 0 Å². The summed E-state index contributed by atoms with van der Waals surface area (Å²) in [7, 11) is 1.62. The first kappa shape index (κ1) is 6.67. The Morgan fingerprint density at radius 2 is 2.40 bits per heavy atom. The van der Waals surface area contributed by atoms with E-state index in [9.17, 15) is 4.79 Å². The van der Waals surface area contributed by atoms with Crippen LogP contribution in [0.15, 0.2) is 17.1 Å². The third kappa shape index (κ3) is 1.10. The lowest BCUT2D eigenvalue weighted by Gasteiger charge is -1.96. The van der Waals surface area contributed by atoms with E-state index in [0.717, 1.165) is 0 Å². The molecule has 10 heavy (non-hydrogen) atoms. The summed E-state index contributed by atoms with van der Waals surface area (Å²) in [5, 5.41) is 11.5. The van der Waals surface area contributed by atoms with Gasteiger partial charge in [0.05, 0.1) is 0 Å². The maximum absolute atomic E-state index is 10.8. The molecule has 0 aliphatic carbocycles. The van der Waals surface area contributed by atoms with Gasteiger partial charge in [0.1, 0.15) is 11.4 Å². The molecule has 0 saturated carbocycles. The molecule has 4 nitrogen and oxygen atoms in total. The minimum absolute atomic E-state index is 0.0453. The van der Waals surface area contributed by atoms with E-state index in [1.165, 1.54) is 12.3 Å². The van der Waals surface area contributed by atoms with E-state index < -0.39 is 0 Å². The Bertz CT molecular complexity index is 279. The lowest BCUT2D eigenvalue weighted by atomic mass is 10.4. The van der Waals surface area contributed by atoms with Crippen molar-refractivity contribution in [1.29, 1.82) is 0 Å². The van der Waals surface area contributed by atoms with Gasteiger partial charge in [0.15, 0.2) is 0 Å². The largest absolute Gasteiger partial charge is 0.506 e. The molecule has 0 fully saturated rings. The summed E-state index contributed by atoms with van der Waals surface area (Å²) in [6, 6.07) is 1.36. The van der Waals surface area contributed by atoms with Gasteiger partial charge in [-0.15, -0.1) is 0 Å². The van der Waals surface area contributed by atoms with Crippen LogP contribution in [0.1, 0.15) is 0 Å². The summed E-state index contributed by atoms with van der Waals surface area (Å²) < 4.78 is 0. The molecule has 1 rings (SSSR count). The molecule has 4 heteroatoms. The van der Waals surface area contributed by atoms with Crippen LogP contribution in [0.2, 0.25) is 0 Å². The third-order valence-corrected chi connectivity index (χ3v) is 1.16. The fourth-order valence-corrected chi connectivity index (χ4v) is 0.658. The summed E-state index contributed by atoms with van der Waals surface area (Å²) in [4.78, 5) is 13.1.